The van der Waals surface area contributed by atoms with E-state index >= 15 is 4.39 Å². The number of ether oxygens (including phenoxy) is 2. The molecule has 0 saturated carbocycles. The number of para-hydroxylation sites is 1. The Balaban J connectivity index is 1.48. The van der Waals surface area contributed by atoms with E-state index in [1.165, 1.54) is 0 Å². The summed E-state index contributed by atoms with van der Waals surface area (Å²) in [5.74, 6) is 0.468. The quantitative estimate of drug-likeness (QED) is 0.217. The Morgan fingerprint density at radius 2 is 1.43 bits per heavy atom. The number of rotatable bonds is 9. The van der Waals surface area contributed by atoms with Crippen molar-refractivity contribution in [3.8, 4) is 11.5 Å². The van der Waals surface area contributed by atoms with E-state index in [2.05, 4.69) is 24.1 Å². The summed E-state index contributed by atoms with van der Waals surface area (Å²) in [5, 5.41) is 3.36. The van der Waals surface area contributed by atoms with Gasteiger partial charge >= 0.3 is 5.97 Å². The Morgan fingerprint density at radius 3 is 2.20 bits per heavy atom. The molecule has 0 fully saturated rings. The third kappa shape index (κ3) is 4.19. The van der Waals surface area contributed by atoms with Gasteiger partial charge in [-0.2, -0.15) is 0 Å². The van der Waals surface area contributed by atoms with E-state index in [1.807, 2.05) is 72.8 Å². The number of hydrogen-bond acceptors (Lipinski definition) is 5. The smallest absolute Gasteiger partial charge is 0.340 e. The zero-order valence-corrected chi connectivity index (χ0v) is 22.9. The number of carbonyl (C=O) groups excluding carboxylic acids is 1. The summed E-state index contributed by atoms with van der Waals surface area (Å²) in [4.78, 5) is 15.4. The molecule has 0 radical (unpaired) electrons. The van der Waals surface area contributed by atoms with Crippen molar-refractivity contribution in [2.24, 2.45) is 0 Å². The Kier molecular flexibility index (Phi) is 6.93. The molecule has 6 rings (SSSR count). The van der Waals surface area contributed by atoms with Crippen LogP contribution in [0.4, 0.5) is 21.5 Å². The molecule has 0 bridgehead atoms. The van der Waals surface area contributed by atoms with E-state index in [-0.39, 0.29) is 5.82 Å². The van der Waals surface area contributed by atoms with Crippen LogP contribution < -0.4 is 15.0 Å². The minimum Gasteiger partial charge on any atom is -0.456 e. The predicted molar refractivity (Wildman–Crippen MR) is 156 cm³/mol. The molecule has 2 heterocycles. The highest BCUT2D eigenvalue weighted by atomic mass is 19.1. The molecule has 4 aromatic carbocycles. The molecule has 1 spiro atoms. The first kappa shape index (κ1) is 25.9. The molecule has 204 valence electrons. The van der Waals surface area contributed by atoms with Crippen LogP contribution in [0.5, 0.6) is 11.5 Å². The maximum absolute atomic E-state index is 16.2. The van der Waals surface area contributed by atoms with Crippen molar-refractivity contribution >= 4 is 23.0 Å². The molecule has 1 N–H and O–H groups in total. The number of hydrogen-bond donors (Lipinski definition) is 1. The van der Waals surface area contributed by atoms with E-state index in [0.29, 0.717) is 39.7 Å². The normalized spacial score (nSPS) is 16.5. The number of benzene rings is 4. The van der Waals surface area contributed by atoms with Gasteiger partial charge < -0.3 is 19.7 Å². The molecule has 1 unspecified atom stereocenters. The molecule has 0 saturated heterocycles. The van der Waals surface area contributed by atoms with Crippen LogP contribution in [0.2, 0.25) is 0 Å². The van der Waals surface area contributed by atoms with E-state index in [1.54, 1.807) is 12.1 Å². The van der Waals surface area contributed by atoms with Crippen LogP contribution in [0, 0.1) is 5.82 Å². The van der Waals surface area contributed by atoms with Gasteiger partial charge in [-0.15, -0.1) is 0 Å². The standard InChI is InChI=1S/C34H33FN2O3/c1-3-5-21-37(22-6-4-2)28-18-11-17-27(32(28)35)36-26-16-12-20-30-31(26)34(25-15-9-10-19-29(25)39-30)24-14-8-7-13-23(24)33(38)40-34/h7-20,36H,3-6,21-22H2,1-2H3. The summed E-state index contributed by atoms with van der Waals surface area (Å²) in [5.41, 5.74) is 2.95. The number of esters is 1. The summed E-state index contributed by atoms with van der Waals surface area (Å²) >= 11 is 0. The predicted octanol–water partition coefficient (Wildman–Crippen LogP) is 8.54. The Bertz CT molecular complexity index is 1560. The Hall–Kier alpha value is -4.32. The largest absolute Gasteiger partial charge is 0.456 e. The van der Waals surface area contributed by atoms with Gasteiger partial charge in [0.2, 0.25) is 0 Å². The number of halogens is 1. The van der Waals surface area contributed by atoms with Gasteiger partial charge in [-0.3, -0.25) is 0 Å². The fraction of sp³-hybridized carbons (Fsp3) is 0.265. The van der Waals surface area contributed by atoms with Crippen LogP contribution in [-0.4, -0.2) is 19.1 Å². The van der Waals surface area contributed by atoms with Gasteiger partial charge in [0, 0.05) is 24.2 Å². The molecular formula is C34H33FN2O3. The van der Waals surface area contributed by atoms with Gasteiger partial charge in [0.05, 0.1) is 28.2 Å². The minimum absolute atomic E-state index is 0.303. The second kappa shape index (κ2) is 10.7. The maximum atomic E-state index is 16.2. The summed E-state index contributed by atoms with van der Waals surface area (Å²) < 4.78 is 28.8. The van der Waals surface area contributed by atoms with Crippen LogP contribution in [-0.2, 0) is 10.3 Å². The van der Waals surface area contributed by atoms with Crippen LogP contribution in [0.3, 0.4) is 0 Å². The summed E-state index contributed by atoms with van der Waals surface area (Å²) in [6.45, 7) is 5.90. The van der Waals surface area contributed by atoms with Gasteiger partial charge in [0.25, 0.3) is 0 Å². The molecule has 6 heteroatoms. The lowest BCUT2D eigenvalue weighted by molar-refractivity contribution is 0.0227. The summed E-state index contributed by atoms with van der Waals surface area (Å²) in [6, 6.07) is 26.1. The second-order valence-electron chi connectivity index (χ2n) is 10.4. The lowest BCUT2D eigenvalue weighted by Gasteiger charge is -2.38. The number of unbranched alkanes of at least 4 members (excludes halogenated alkanes) is 2. The number of nitrogens with zero attached hydrogens (tertiary/aromatic N) is 1. The Labute approximate surface area is 234 Å². The molecule has 2 aliphatic rings. The molecule has 2 aliphatic heterocycles. The van der Waals surface area contributed by atoms with Gasteiger partial charge in [-0.1, -0.05) is 75.2 Å². The third-order valence-electron chi connectivity index (χ3n) is 7.79. The zero-order chi connectivity index (χ0) is 27.7. The molecule has 0 aliphatic carbocycles. The molecule has 5 nitrogen and oxygen atoms in total. The first-order valence-electron chi connectivity index (χ1n) is 14.1. The first-order chi connectivity index (χ1) is 19.6. The fourth-order valence-corrected chi connectivity index (χ4v) is 5.84. The molecular weight excluding hydrogens is 503 g/mol. The first-order valence-corrected chi connectivity index (χ1v) is 14.1. The van der Waals surface area contributed by atoms with Crippen molar-refractivity contribution < 1.29 is 18.7 Å². The van der Waals surface area contributed by atoms with Crippen LogP contribution in [0.25, 0.3) is 0 Å². The Morgan fingerprint density at radius 1 is 0.775 bits per heavy atom. The van der Waals surface area contributed by atoms with Crippen molar-refractivity contribution in [1.29, 1.82) is 0 Å². The van der Waals surface area contributed by atoms with E-state index < -0.39 is 11.6 Å². The van der Waals surface area contributed by atoms with Gasteiger partial charge in [-0.25, -0.2) is 9.18 Å². The van der Waals surface area contributed by atoms with Gasteiger partial charge in [0.1, 0.15) is 11.5 Å². The summed E-state index contributed by atoms with van der Waals surface area (Å²) in [7, 11) is 0. The van der Waals surface area contributed by atoms with E-state index in [9.17, 15) is 4.79 Å². The molecule has 0 aromatic heterocycles. The number of carbonyl (C=O) groups is 1. The average molecular weight is 537 g/mol. The molecule has 4 aromatic rings. The molecule has 0 amide bonds. The monoisotopic (exact) mass is 536 g/mol. The highest BCUT2D eigenvalue weighted by molar-refractivity contribution is 5.97. The maximum Gasteiger partial charge on any atom is 0.340 e. The fourth-order valence-electron chi connectivity index (χ4n) is 5.84. The lowest BCUT2D eigenvalue weighted by Crippen LogP contribution is -2.33. The molecule has 1 atom stereocenters. The number of anilines is 3. The number of fused-ring (bicyclic) bond motifs is 6. The average Bonchev–Trinajstić information content (AvgIpc) is 3.27. The van der Waals surface area contributed by atoms with Crippen molar-refractivity contribution in [2.45, 2.75) is 45.1 Å². The van der Waals surface area contributed by atoms with Crippen LogP contribution >= 0.6 is 0 Å². The molecule has 40 heavy (non-hydrogen) atoms. The van der Waals surface area contributed by atoms with Gasteiger partial charge in [-0.05, 0) is 49.2 Å². The van der Waals surface area contributed by atoms with Crippen molar-refractivity contribution in [3.63, 3.8) is 0 Å². The van der Waals surface area contributed by atoms with E-state index in [0.717, 1.165) is 49.9 Å². The SMILES string of the molecule is CCCCN(CCCC)c1cccc(Nc2cccc3c2C2(OC(=O)c4ccccc42)c2ccccc2O3)c1F. The lowest BCUT2D eigenvalue weighted by atomic mass is 9.77. The summed E-state index contributed by atoms with van der Waals surface area (Å²) in [6.07, 6.45) is 4.08. The van der Waals surface area contributed by atoms with E-state index in [4.69, 9.17) is 9.47 Å². The van der Waals surface area contributed by atoms with Crippen molar-refractivity contribution in [3.05, 3.63) is 113 Å². The van der Waals surface area contributed by atoms with Crippen molar-refractivity contribution in [2.75, 3.05) is 23.3 Å². The van der Waals surface area contributed by atoms with Crippen LogP contribution in [0.1, 0.15) is 66.6 Å². The van der Waals surface area contributed by atoms with Crippen molar-refractivity contribution in [1.82, 2.24) is 0 Å². The third-order valence-corrected chi connectivity index (χ3v) is 7.79. The minimum atomic E-state index is -1.23. The van der Waals surface area contributed by atoms with Crippen LogP contribution in [0.15, 0.2) is 84.9 Å². The number of nitrogens with one attached hydrogen (secondary N) is 1. The topological polar surface area (TPSA) is 50.8 Å². The zero-order valence-electron chi connectivity index (χ0n) is 22.9. The highest BCUT2D eigenvalue weighted by Crippen LogP contribution is 2.58. The van der Waals surface area contributed by atoms with Gasteiger partial charge in [0.15, 0.2) is 11.4 Å². The highest BCUT2D eigenvalue weighted by Gasteiger charge is 2.54. The second-order valence-corrected chi connectivity index (χ2v) is 10.4.